The van der Waals surface area contributed by atoms with Crippen molar-refractivity contribution in [3.8, 4) is 11.8 Å². The van der Waals surface area contributed by atoms with Crippen LogP contribution in [0, 0.1) is 88.3 Å². The lowest BCUT2D eigenvalue weighted by Gasteiger charge is -2.48. The molecule has 8 heteroatoms. The Hall–Kier alpha value is -2.02. The number of carbonyl (C=O) groups is 2. The number of Topliss-reactive ketones (excluding diaryl/α,β-unsaturated/α-hetero) is 2. The zero-order valence-corrected chi connectivity index (χ0v) is 37.2. The molecular weight excluding hydrogens is 735 g/mol. The minimum absolute atomic E-state index is 0.00413. The summed E-state index contributed by atoms with van der Waals surface area (Å²) >= 11 is 0. The molecule has 4 saturated carbocycles. The molecule has 7 rings (SSSR count). The van der Waals surface area contributed by atoms with E-state index in [1.165, 1.54) is 50.9 Å². The van der Waals surface area contributed by atoms with E-state index in [9.17, 15) is 19.8 Å². The van der Waals surface area contributed by atoms with Crippen molar-refractivity contribution in [2.45, 2.75) is 187 Å². The average Bonchev–Trinajstić information content (AvgIpc) is 3.88. The molecule has 0 aromatic carbocycles. The number of aliphatic hydroxyl groups excluding tert-OH is 2. The molecule has 5 N–H and O–H groups in total. The summed E-state index contributed by atoms with van der Waals surface area (Å²) in [4.78, 5) is 33.6. The Bertz CT molecular complexity index is 1530. The van der Waals surface area contributed by atoms with Gasteiger partial charge in [0.1, 0.15) is 29.8 Å². The van der Waals surface area contributed by atoms with Crippen LogP contribution in [0.2, 0.25) is 0 Å². The molecule has 328 valence electrons. The van der Waals surface area contributed by atoms with Gasteiger partial charge in [-0.15, -0.1) is 4.99 Å². The van der Waals surface area contributed by atoms with Crippen molar-refractivity contribution in [1.82, 2.24) is 5.32 Å². The van der Waals surface area contributed by atoms with Crippen LogP contribution >= 0.6 is 0 Å². The van der Waals surface area contributed by atoms with E-state index in [2.05, 4.69) is 44.0 Å². The van der Waals surface area contributed by atoms with Gasteiger partial charge in [0.15, 0.2) is 5.70 Å². The summed E-state index contributed by atoms with van der Waals surface area (Å²) in [5.74, 6) is 11.4. The Balaban J connectivity index is 1.30. The number of ketones is 2. The highest BCUT2D eigenvalue weighted by Crippen LogP contribution is 2.59. The molecule has 0 aromatic heterocycles. The Kier molecular flexibility index (Phi) is 15.6. The lowest BCUT2D eigenvalue weighted by molar-refractivity contribution is -0.131. The van der Waals surface area contributed by atoms with Crippen LogP contribution in [0.15, 0.2) is 16.8 Å². The monoisotopic (exact) mass is 815 g/mol. The second kappa shape index (κ2) is 20.4. The van der Waals surface area contributed by atoms with Crippen LogP contribution in [0.3, 0.4) is 0 Å². The standard InChI is InChI=1S/C51H80N3O5/c1-5-11-43(46(56)28-40-24-37(31-54-40)32(2)3)36-23-39(51(19-9-10-20-51)38-18-21-53-50(52)27-38)22-34-15-17-42(33-12-7-6-8-13-33)44-30-48(58)49(59-4)26-35(44)14-16-41(55)29-47(57)45(34)25-36/h24,31-36,38-39,42-46,48-50,53,56,58H,5-14,16,18-23,25-30,52H2,1-4H3/q+1. The molecule has 59 heavy (non-hydrogen) atoms. The van der Waals surface area contributed by atoms with Crippen molar-refractivity contribution >= 4 is 17.8 Å². The van der Waals surface area contributed by atoms with Crippen LogP contribution in [0.25, 0.3) is 0 Å². The largest absolute Gasteiger partial charge is 0.391 e. The number of carbonyl (C=O) groups excluding carboxylic acids is 2. The highest BCUT2D eigenvalue weighted by molar-refractivity contribution is 6.00. The van der Waals surface area contributed by atoms with Crippen molar-refractivity contribution in [2.75, 3.05) is 13.7 Å². The zero-order chi connectivity index (χ0) is 41.7. The Labute approximate surface area is 357 Å². The molecule has 5 aliphatic carbocycles. The van der Waals surface area contributed by atoms with Crippen molar-refractivity contribution in [1.29, 1.82) is 0 Å². The minimum atomic E-state index is -0.561. The molecule has 0 spiro atoms. The van der Waals surface area contributed by atoms with Crippen molar-refractivity contribution in [3.63, 3.8) is 0 Å². The number of nitrogens with one attached hydrogen (secondary N) is 1. The van der Waals surface area contributed by atoms with E-state index >= 15 is 0 Å². The smallest absolute Gasteiger partial charge is 0.177 e. The number of hydrogen-bond acceptors (Lipinski definition) is 8. The van der Waals surface area contributed by atoms with Crippen molar-refractivity contribution in [2.24, 2.45) is 81.2 Å². The van der Waals surface area contributed by atoms with Gasteiger partial charge in [0.25, 0.3) is 0 Å². The fraction of sp³-hybridized carbons (Fsp3) is 0.843. The van der Waals surface area contributed by atoms with Gasteiger partial charge in [-0.2, -0.15) is 0 Å². The van der Waals surface area contributed by atoms with E-state index in [1.54, 1.807) is 7.11 Å². The van der Waals surface area contributed by atoms with Crippen LogP contribution in [0.1, 0.15) is 162 Å². The first-order chi connectivity index (χ1) is 28.5. The molecular formula is C51H80N3O5+. The molecule has 0 aromatic rings. The second-order valence-corrected chi connectivity index (χ2v) is 21.0. The summed E-state index contributed by atoms with van der Waals surface area (Å²) in [7, 11) is 1.70. The minimum Gasteiger partial charge on any atom is -0.391 e. The van der Waals surface area contributed by atoms with E-state index in [1.807, 2.05) is 6.21 Å². The number of nitrogens with zero attached hydrogens (tertiary/aromatic N) is 1. The third-order valence-corrected chi connectivity index (χ3v) is 17.3. The Morgan fingerprint density at radius 1 is 0.966 bits per heavy atom. The average molecular weight is 815 g/mol. The second-order valence-electron chi connectivity index (χ2n) is 21.0. The number of aliphatic imine (C=N–C) groups is 1. The van der Waals surface area contributed by atoms with Gasteiger partial charge in [0, 0.05) is 37.2 Å². The number of nitrogens with two attached hydrogens (primary N) is 1. The first-order valence-corrected chi connectivity index (χ1v) is 24.5. The lowest BCUT2D eigenvalue weighted by Crippen LogP contribution is -2.50. The molecule has 1 saturated heterocycles. The normalized spacial score (nSPS) is 38.3. The quantitative estimate of drug-likeness (QED) is 0.0931. The molecule has 13 unspecified atom stereocenters. The van der Waals surface area contributed by atoms with Gasteiger partial charge in [0.05, 0.1) is 37.3 Å². The van der Waals surface area contributed by atoms with Crippen LogP contribution in [-0.4, -0.2) is 66.1 Å². The van der Waals surface area contributed by atoms with Crippen molar-refractivity contribution in [3.05, 3.63) is 17.7 Å². The predicted molar refractivity (Wildman–Crippen MR) is 236 cm³/mol. The van der Waals surface area contributed by atoms with E-state index in [0.29, 0.717) is 49.4 Å². The number of aliphatic hydroxyl groups is 2. The highest BCUT2D eigenvalue weighted by Gasteiger charge is 2.52. The third kappa shape index (κ3) is 10.4. The maximum absolute atomic E-state index is 14.9. The maximum Gasteiger partial charge on any atom is 0.177 e. The number of piperidine rings is 1. The van der Waals surface area contributed by atoms with Crippen LogP contribution in [0.4, 0.5) is 0 Å². The molecule has 2 heterocycles. The summed E-state index contributed by atoms with van der Waals surface area (Å²) in [5.41, 5.74) is 7.78. The van der Waals surface area contributed by atoms with Crippen LogP contribution < -0.4 is 11.1 Å². The predicted octanol–water partition coefficient (Wildman–Crippen LogP) is 8.77. The van der Waals surface area contributed by atoms with Gasteiger partial charge in [-0.3, -0.25) is 9.59 Å². The first kappa shape index (κ1) is 45.0. The lowest BCUT2D eigenvalue weighted by atomic mass is 9.58. The molecule has 0 amide bonds. The number of ether oxygens (including phenoxy) is 1. The molecule has 7 aliphatic rings. The Morgan fingerprint density at radius 3 is 2.44 bits per heavy atom. The topological polar surface area (TPSA) is 134 Å². The number of hydrogen-bond donors (Lipinski definition) is 4. The van der Waals surface area contributed by atoms with E-state index < -0.39 is 12.2 Å². The molecule has 0 bridgehead atoms. The third-order valence-electron chi connectivity index (χ3n) is 17.3. The number of methoxy groups -OCH3 is 1. The molecule has 0 radical (unpaired) electrons. The summed E-state index contributed by atoms with van der Waals surface area (Å²) in [6.07, 6.45) is 23.3. The number of allylic oxidation sites excluding steroid dienone is 1. The maximum atomic E-state index is 14.9. The van der Waals surface area contributed by atoms with E-state index in [0.717, 1.165) is 76.5 Å². The fourth-order valence-corrected chi connectivity index (χ4v) is 14.1. The van der Waals surface area contributed by atoms with E-state index in [-0.39, 0.29) is 77.1 Å². The molecule has 2 aliphatic heterocycles. The SMILES string of the molecule is CCCC(C(O)CC1=C[C+](C(C)C)C=N1)C1CC2C(=O)CC(=O)CCC3CC(OC)C(O)CC3C(C3CCCCC3)C#CC2CC(C2(C3CCNC(N)C3)CCCC2)C1. The van der Waals surface area contributed by atoms with Gasteiger partial charge in [0.2, 0.25) is 0 Å². The highest BCUT2D eigenvalue weighted by atomic mass is 16.5. The van der Waals surface area contributed by atoms with Crippen LogP contribution in [-0.2, 0) is 14.3 Å². The van der Waals surface area contributed by atoms with Gasteiger partial charge >= 0.3 is 0 Å². The van der Waals surface area contributed by atoms with Gasteiger partial charge in [-0.05, 0) is 151 Å². The summed E-state index contributed by atoms with van der Waals surface area (Å²) in [5, 5.41) is 27.3. The Morgan fingerprint density at radius 2 is 1.75 bits per heavy atom. The summed E-state index contributed by atoms with van der Waals surface area (Å²) in [6, 6.07) is 0. The number of rotatable bonds is 11. The van der Waals surface area contributed by atoms with Gasteiger partial charge in [-0.25, -0.2) is 0 Å². The van der Waals surface area contributed by atoms with Crippen LogP contribution in [0.5, 0.6) is 0 Å². The van der Waals surface area contributed by atoms with Crippen molar-refractivity contribution < 1.29 is 24.5 Å². The summed E-state index contributed by atoms with van der Waals surface area (Å²) in [6.45, 7) is 7.54. The first-order valence-electron chi connectivity index (χ1n) is 24.5. The zero-order valence-electron chi connectivity index (χ0n) is 37.2. The summed E-state index contributed by atoms with van der Waals surface area (Å²) < 4.78 is 5.81. The fourth-order valence-electron chi connectivity index (χ4n) is 14.1. The van der Waals surface area contributed by atoms with E-state index in [4.69, 9.17) is 15.5 Å². The van der Waals surface area contributed by atoms with Gasteiger partial charge < -0.3 is 26.0 Å². The molecule has 5 fully saturated rings. The number of fused-ring (bicyclic) bond motifs is 2. The molecule has 13 atom stereocenters. The molecule has 8 nitrogen and oxygen atoms in total. The van der Waals surface area contributed by atoms with Gasteiger partial charge in [-0.1, -0.05) is 57.3 Å².